The lowest BCUT2D eigenvalue weighted by molar-refractivity contribution is -0.274. The summed E-state index contributed by atoms with van der Waals surface area (Å²) in [7, 11) is 0. The summed E-state index contributed by atoms with van der Waals surface area (Å²) in [6.07, 6.45) is -1.74. The van der Waals surface area contributed by atoms with Crippen LogP contribution in [-0.4, -0.2) is 22.5 Å². The minimum atomic E-state index is -4.77. The maximum Gasteiger partial charge on any atom is 0.573 e. The van der Waals surface area contributed by atoms with E-state index in [-0.39, 0.29) is 22.9 Å². The average Bonchev–Trinajstić information content (AvgIpc) is 2.76. The SMILES string of the molecule is Cc1cc(-n2ccnc(Sc3ccc(OC(F)(F)F)cc3)c2=O)c(C)cc1OCC(C)(C)C#N. The van der Waals surface area contributed by atoms with Crippen LogP contribution in [0.3, 0.4) is 0 Å². The van der Waals surface area contributed by atoms with Gasteiger partial charge in [-0.2, -0.15) is 5.26 Å². The van der Waals surface area contributed by atoms with E-state index in [9.17, 15) is 23.2 Å². The lowest BCUT2D eigenvalue weighted by atomic mass is 9.97. The second-order valence-corrected chi connectivity index (χ2v) is 9.28. The lowest BCUT2D eigenvalue weighted by Crippen LogP contribution is -2.22. The van der Waals surface area contributed by atoms with Crippen LogP contribution in [0.15, 0.2) is 63.5 Å². The van der Waals surface area contributed by atoms with Crippen LogP contribution in [-0.2, 0) is 0 Å². The number of aromatic nitrogens is 2. The van der Waals surface area contributed by atoms with E-state index in [1.807, 2.05) is 26.0 Å². The zero-order valence-corrected chi connectivity index (χ0v) is 19.8. The summed E-state index contributed by atoms with van der Waals surface area (Å²) in [4.78, 5) is 17.8. The molecule has 0 unspecified atom stereocenters. The first-order chi connectivity index (χ1) is 15.9. The highest BCUT2D eigenvalue weighted by atomic mass is 32.2. The molecule has 3 rings (SSSR count). The predicted molar refractivity (Wildman–Crippen MR) is 121 cm³/mol. The molecule has 0 aliphatic heterocycles. The normalized spacial score (nSPS) is 11.7. The van der Waals surface area contributed by atoms with Crippen LogP contribution in [0.25, 0.3) is 5.69 Å². The molecule has 0 fully saturated rings. The van der Waals surface area contributed by atoms with Crippen molar-refractivity contribution < 1.29 is 22.6 Å². The molecule has 0 amide bonds. The molecule has 178 valence electrons. The summed E-state index contributed by atoms with van der Waals surface area (Å²) in [5.41, 5.74) is 1.22. The highest BCUT2D eigenvalue weighted by molar-refractivity contribution is 7.99. The third-order valence-electron chi connectivity index (χ3n) is 4.73. The zero-order chi connectivity index (χ0) is 25.1. The molecule has 6 nitrogen and oxygen atoms in total. The first-order valence-electron chi connectivity index (χ1n) is 10.2. The minimum Gasteiger partial charge on any atom is -0.492 e. The summed E-state index contributed by atoms with van der Waals surface area (Å²) >= 11 is 1.04. The maximum atomic E-state index is 13.1. The monoisotopic (exact) mass is 489 g/mol. The molecule has 0 radical (unpaired) electrons. The molecule has 1 aromatic heterocycles. The molecule has 10 heteroatoms. The van der Waals surface area contributed by atoms with Gasteiger partial charge in [0.25, 0.3) is 5.56 Å². The Kier molecular flexibility index (Phi) is 7.26. The summed E-state index contributed by atoms with van der Waals surface area (Å²) in [5, 5.41) is 9.35. The van der Waals surface area contributed by atoms with Crippen LogP contribution in [0.4, 0.5) is 13.2 Å². The number of aryl methyl sites for hydroxylation is 2. The van der Waals surface area contributed by atoms with Crippen LogP contribution in [0.5, 0.6) is 11.5 Å². The van der Waals surface area contributed by atoms with E-state index < -0.39 is 11.8 Å². The fraction of sp³-hybridized carbons (Fsp3) is 0.292. The standard InChI is InChI=1S/C24H22F3N3O3S/c1-15-12-20(32-14-23(3,4)13-28)16(2)11-19(15)30-10-9-29-21(22(30)31)34-18-7-5-17(6-8-18)33-24(25,26)27/h5-12H,14H2,1-4H3. The Balaban J connectivity index is 1.85. The van der Waals surface area contributed by atoms with E-state index in [0.717, 1.165) is 22.9 Å². The van der Waals surface area contributed by atoms with Crippen LogP contribution >= 0.6 is 11.8 Å². The molecule has 0 atom stereocenters. The van der Waals surface area contributed by atoms with Gasteiger partial charge in [0.05, 0.1) is 17.2 Å². The number of benzene rings is 2. The van der Waals surface area contributed by atoms with Crippen molar-refractivity contribution in [3.63, 3.8) is 0 Å². The van der Waals surface area contributed by atoms with Crippen LogP contribution in [0.1, 0.15) is 25.0 Å². The van der Waals surface area contributed by atoms with Gasteiger partial charge in [-0.15, -0.1) is 13.2 Å². The van der Waals surface area contributed by atoms with E-state index in [0.29, 0.717) is 16.3 Å². The smallest absolute Gasteiger partial charge is 0.492 e. The van der Waals surface area contributed by atoms with Crippen molar-refractivity contribution >= 4 is 11.8 Å². The second kappa shape index (κ2) is 9.81. The van der Waals surface area contributed by atoms with Crippen molar-refractivity contribution in [1.29, 1.82) is 5.26 Å². The Hall–Kier alpha value is -3.45. The molecule has 0 spiro atoms. The van der Waals surface area contributed by atoms with Gasteiger partial charge in [-0.3, -0.25) is 9.36 Å². The first-order valence-corrected chi connectivity index (χ1v) is 11.0. The van der Waals surface area contributed by atoms with Crippen molar-refractivity contribution in [2.45, 2.75) is 44.0 Å². The van der Waals surface area contributed by atoms with E-state index in [1.54, 1.807) is 20.0 Å². The molecule has 2 aromatic carbocycles. The molecule has 0 saturated carbocycles. The Labute approximate surface area is 199 Å². The Morgan fingerprint density at radius 1 is 1.12 bits per heavy atom. The quantitative estimate of drug-likeness (QED) is 0.416. The zero-order valence-electron chi connectivity index (χ0n) is 18.9. The molecular formula is C24H22F3N3O3S. The van der Waals surface area contributed by atoms with Crippen LogP contribution < -0.4 is 15.0 Å². The third-order valence-corrected chi connectivity index (χ3v) is 5.71. The number of rotatable bonds is 7. The number of nitrogens with zero attached hydrogens (tertiary/aromatic N) is 3. The number of hydrogen-bond donors (Lipinski definition) is 0. The first kappa shape index (κ1) is 25.2. The predicted octanol–water partition coefficient (Wildman–Crippen LogP) is 5.83. The lowest BCUT2D eigenvalue weighted by Gasteiger charge is -2.19. The Morgan fingerprint density at radius 2 is 1.79 bits per heavy atom. The fourth-order valence-electron chi connectivity index (χ4n) is 2.95. The van der Waals surface area contributed by atoms with Gasteiger partial charge in [0, 0.05) is 17.3 Å². The second-order valence-electron chi connectivity index (χ2n) is 8.22. The molecule has 0 aliphatic carbocycles. The van der Waals surface area contributed by atoms with Crippen LogP contribution in [0, 0.1) is 30.6 Å². The summed E-state index contributed by atoms with van der Waals surface area (Å²) in [6, 6.07) is 11.0. The number of nitriles is 1. The van der Waals surface area contributed by atoms with Crippen molar-refractivity contribution in [1.82, 2.24) is 9.55 Å². The van der Waals surface area contributed by atoms with Gasteiger partial charge in [0.15, 0.2) is 5.03 Å². The molecule has 0 aliphatic rings. The van der Waals surface area contributed by atoms with Crippen LogP contribution in [0.2, 0.25) is 0 Å². The van der Waals surface area contributed by atoms with Gasteiger partial charge in [-0.1, -0.05) is 11.8 Å². The fourth-order valence-corrected chi connectivity index (χ4v) is 3.75. The minimum absolute atomic E-state index is 0.167. The van der Waals surface area contributed by atoms with Gasteiger partial charge < -0.3 is 9.47 Å². The summed E-state index contributed by atoms with van der Waals surface area (Å²) < 4.78 is 48.2. The van der Waals surface area contributed by atoms with Gasteiger partial charge in [-0.05, 0) is 75.2 Å². The van der Waals surface area contributed by atoms with Crippen molar-refractivity contribution in [3.05, 3.63) is 70.3 Å². The van der Waals surface area contributed by atoms with E-state index in [1.165, 1.54) is 35.0 Å². The topological polar surface area (TPSA) is 77.1 Å². The van der Waals surface area contributed by atoms with Crippen molar-refractivity contribution in [2.75, 3.05) is 6.61 Å². The summed E-state index contributed by atoms with van der Waals surface area (Å²) in [6.45, 7) is 7.50. The van der Waals surface area contributed by atoms with Gasteiger partial charge >= 0.3 is 6.36 Å². The summed E-state index contributed by atoms with van der Waals surface area (Å²) in [5.74, 6) is 0.282. The van der Waals surface area contributed by atoms with E-state index >= 15 is 0 Å². The molecule has 0 bridgehead atoms. The largest absolute Gasteiger partial charge is 0.573 e. The Morgan fingerprint density at radius 3 is 2.41 bits per heavy atom. The average molecular weight is 490 g/mol. The highest BCUT2D eigenvalue weighted by Gasteiger charge is 2.31. The van der Waals surface area contributed by atoms with Crippen molar-refractivity contribution in [2.24, 2.45) is 5.41 Å². The number of ether oxygens (including phenoxy) is 2. The van der Waals surface area contributed by atoms with Gasteiger partial charge in [0.2, 0.25) is 0 Å². The highest BCUT2D eigenvalue weighted by Crippen LogP contribution is 2.30. The molecule has 34 heavy (non-hydrogen) atoms. The third kappa shape index (κ3) is 6.32. The Bertz CT molecular complexity index is 1280. The molecule has 3 aromatic rings. The van der Waals surface area contributed by atoms with Crippen molar-refractivity contribution in [3.8, 4) is 23.3 Å². The van der Waals surface area contributed by atoms with E-state index in [4.69, 9.17) is 4.74 Å². The number of halogens is 3. The number of hydrogen-bond acceptors (Lipinski definition) is 6. The van der Waals surface area contributed by atoms with Gasteiger partial charge in [-0.25, -0.2) is 4.98 Å². The number of alkyl halides is 3. The molecular weight excluding hydrogens is 467 g/mol. The molecule has 0 N–H and O–H groups in total. The van der Waals surface area contributed by atoms with E-state index in [2.05, 4.69) is 15.8 Å². The maximum absolute atomic E-state index is 13.1. The molecule has 1 heterocycles. The van der Waals surface area contributed by atoms with Gasteiger partial charge in [0.1, 0.15) is 18.1 Å². The molecule has 0 saturated heterocycles.